The maximum atomic E-state index is 11.9. The Balaban J connectivity index is 1.82. The smallest absolute Gasteiger partial charge is 0.225 e. The molecule has 0 bridgehead atoms. The van der Waals surface area contributed by atoms with Crippen LogP contribution in [0.5, 0.6) is 0 Å². The minimum Gasteiger partial charge on any atom is -0.342 e. The fourth-order valence-corrected chi connectivity index (χ4v) is 3.28. The van der Waals surface area contributed by atoms with Crippen LogP contribution < -0.4 is 0 Å². The van der Waals surface area contributed by atoms with E-state index in [0.29, 0.717) is 11.2 Å². The molecule has 4 heteroatoms. The molecular formula is C14H20N2OS. The number of carbonyl (C=O) groups excluding carboxylic acids is 1. The van der Waals surface area contributed by atoms with Crippen LogP contribution in [0.1, 0.15) is 26.7 Å². The molecule has 0 spiro atoms. The van der Waals surface area contributed by atoms with Crippen LogP contribution in [0.25, 0.3) is 0 Å². The van der Waals surface area contributed by atoms with Gasteiger partial charge >= 0.3 is 0 Å². The third-order valence-electron chi connectivity index (χ3n) is 3.20. The third kappa shape index (κ3) is 3.48. The highest BCUT2D eigenvalue weighted by molar-refractivity contribution is 8.00. The van der Waals surface area contributed by atoms with E-state index in [0.717, 1.165) is 25.9 Å². The molecule has 0 saturated carbocycles. The lowest BCUT2D eigenvalue weighted by Crippen LogP contribution is -2.41. The molecule has 1 saturated heterocycles. The minimum atomic E-state index is 0.120. The Bertz CT molecular complexity index is 386. The molecule has 1 fully saturated rings. The van der Waals surface area contributed by atoms with E-state index >= 15 is 0 Å². The molecule has 2 rings (SSSR count). The summed E-state index contributed by atoms with van der Waals surface area (Å²) in [5.41, 5.74) is 0. The number of thioether (sulfide) groups is 1. The SMILES string of the molecule is CC(C)C(=O)N1CCC(Sc2ccncc2)CC1. The average molecular weight is 264 g/mol. The van der Waals surface area contributed by atoms with Crippen molar-refractivity contribution < 1.29 is 4.79 Å². The summed E-state index contributed by atoms with van der Waals surface area (Å²) in [7, 11) is 0. The second-order valence-corrected chi connectivity index (χ2v) is 6.35. The van der Waals surface area contributed by atoms with Gasteiger partial charge in [-0.25, -0.2) is 0 Å². The van der Waals surface area contributed by atoms with Crippen molar-refractivity contribution in [3.63, 3.8) is 0 Å². The number of carbonyl (C=O) groups is 1. The van der Waals surface area contributed by atoms with Gasteiger partial charge in [-0.05, 0) is 25.0 Å². The topological polar surface area (TPSA) is 33.2 Å². The Morgan fingerprint density at radius 2 is 1.94 bits per heavy atom. The molecule has 1 aliphatic rings. The molecule has 1 aromatic heterocycles. The van der Waals surface area contributed by atoms with E-state index in [1.54, 1.807) is 0 Å². The van der Waals surface area contributed by atoms with Crippen molar-refractivity contribution in [3.8, 4) is 0 Å². The number of rotatable bonds is 3. The van der Waals surface area contributed by atoms with Gasteiger partial charge in [-0.2, -0.15) is 0 Å². The van der Waals surface area contributed by atoms with Gasteiger partial charge in [0.2, 0.25) is 5.91 Å². The van der Waals surface area contributed by atoms with Crippen LogP contribution in [0.4, 0.5) is 0 Å². The van der Waals surface area contributed by atoms with Crippen LogP contribution in [0, 0.1) is 5.92 Å². The number of amides is 1. The Kier molecular flexibility index (Phi) is 4.64. The highest BCUT2D eigenvalue weighted by Gasteiger charge is 2.24. The summed E-state index contributed by atoms with van der Waals surface area (Å²) in [5.74, 6) is 0.414. The number of hydrogen-bond donors (Lipinski definition) is 0. The summed E-state index contributed by atoms with van der Waals surface area (Å²) in [4.78, 5) is 19.2. The van der Waals surface area contributed by atoms with E-state index in [4.69, 9.17) is 0 Å². The summed E-state index contributed by atoms with van der Waals surface area (Å²) in [6, 6.07) is 4.10. The zero-order chi connectivity index (χ0) is 13.0. The molecule has 0 N–H and O–H groups in total. The van der Waals surface area contributed by atoms with Crippen molar-refractivity contribution in [1.29, 1.82) is 0 Å². The van der Waals surface area contributed by atoms with Crippen molar-refractivity contribution in [2.45, 2.75) is 36.8 Å². The normalized spacial score (nSPS) is 17.2. The Labute approximate surface area is 113 Å². The number of hydrogen-bond acceptors (Lipinski definition) is 3. The summed E-state index contributed by atoms with van der Waals surface area (Å²) < 4.78 is 0. The Morgan fingerprint density at radius 3 is 2.50 bits per heavy atom. The molecule has 0 aliphatic carbocycles. The van der Waals surface area contributed by atoms with Gasteiger partial charge in [-0.3, -0.25) is 9.78 Å². The molecule has 1 aliphatic heterocycles. The lowest BCUT2D eigenvalue weighted by atomic mass is 10.1. The van der Waals surface area contributed by atoms with Crippen LogP contribution in [0.2, 0.25) is 0 Å². The lowest BCUT2D eigenvalue weighted by Gasteiger charge is -2.32. The fraction of sp³-hybridized carbons (Fsp3) is 0.571. The monoisotopic (exact) mass is 264 g/mol. The summed E-state index contributed by atoms with van der Waals surface area (Å²) in [6.45, 7) is 5.75. The minimum absolute atomic E-state index is 0.120. The fourth-order valence-electron chi connectivity index (χ4n) is 2.17. The van der Waals surface area contributed by atoms with E-state index in [1.807, 2.05) is 42.9 Å². The molecule has 0 aromatic carbocycles. The van der Waals surface area contributed by atoms with E-state index in [2.05, 4.69) is 17.1 Å². The van der Waals surface area contributed by atoms with E-state index in [9.17, 15) is 4.79 Å². The second-order valence-electron chi connectivity index (χ2n) is 4.98. The van der Waals surface area contributed by atoms with Crippen LogP contribution in [0.3, 0.4) is 0 Å². The summed E-state index contributed by atoms with van der Waals surface area (Å²) >= 11 is 1.91. The van der Waals surface area contributed by atoms with Crippen molar-refractivity contribution >= 4 is 17.7 Å². The van der Waals surface area contributed by atoms with Gasteiger partial charge in [0.05, 0.1) is 0 Å². The third-order valence-corrected chi connectivity index (χ3v) is 4.55. The van der Waals surface area contributed by atoms with Gasteiger partial charge in [0, 0.05) is 41.5 Å². The molecule has 2 heterocycles. The first-order chi connectivity index (χ1) is 8.66. The van der Waals surface area contributed by atoms with Crippen molar-refractivity contribution in [1.82, 2.24) is 9.88 Å². The lowest BCUT2D eigenvalue weighted by molar-refractivity contribution is -0.135. The number of likely N-dealkylation sites (tertiary alicyclic amines) is 1. The molecular weight excluding hydrogens is 244 g/mol. The first kappa shape index (κ1) is 13.4. The van der Waals surface area contributed by atoms with Gasteiger partial charge in [0.15, 0.2) is 0 Å². The number of pyridine rings is 1. The highest BCUT2D eigenvalue weighted by Crippen LogP contribution is 2.30. The second kappa shape index (κ2) is 6.23. The Hall–Kier alpha value is -1.03. The standard InChI is InChI=1S/C14H20N2OS/c1-11(2)14(17)16-9-5-13(6-10-16)18-12-3-7-15-8-4-12/h3-4,7-8,11,13H,5-6,9-10H2,1-2H3. The highest BCUT2D eigenvalue weighted by atomic mass is 32.2. The van der Waals surface area contributed by atoms with Gasteiger partial charge in [-0.15, -0.1) is 11.8 Å². The number of piperidine rings is 1. The van der Waals surface area contributed by atoms with Crippen LogP contribution in [0.15, 0.2) is 29.4 Å². The van der Waals surface area contributed by atoms with Gasteiger partial charge in [0.25, 0.3) is 0 Å². The molecule has 18 heavy (non-hydrogen) atoms. The zero-order valence-electron chi connectivity index (χ0n) is 11.0. The van der Waals surface area contributed by atoms with E-state index < -0.39 is 0 Å². The quantitative estimate of drug-likeness (QED) is 0.841. The average Bonchev–Trinajstić information content (AvgIpc) is 2.40. The van der Waals surface area contributed by atoms with Gasteiger partial charge in [0.1, 0.15) is 0 Å². The molecule has 0 unspecified atom stereocenters. The van der Waals surface area contributed by atoms with Gasteiger partial charge < -0.3 is 4.90 Å². The first-order valence-electron chi connectivity index (χ1n) is 6.52. The molecule has 0 radical (unpaired) electrons. The maximum absolute atomic E-state index is 11.9. The first-order valence-corrected chi connectivity index (χ1v) is 7.40. The number of nitrogens with zero attached hydrogens (tertiary/aromatic N) is 2. The van der Waals surface area contributed by atoms with Crippen LogP contribution in [-0.2, 0) is 4.79 Å². The Morgan fingerprint density at radius 1 is 1.33 bits per heavy atom. The predicted molar refractivity (Wildman–Crippen MR) is 74.5 cm³/mol. The van der Waals surface area contributed by atoms with E-state index in [1.165, 1.54) is 4.90 Å². The molecule has 0 atom stereocenters. The summed E-state index contributed by atoms with van der Waals surface area (Å²) in [6.07, 6.45) is 5.84. The van der Waals surface area contributed by atoms with Crippen molar-refractivity contribution in [2.24, 2.45) is 5.92 Å². The van der Waals surface area contributed by atoms with Crippen molar-refractivity contribution in [2.75, 3.05) is 13.1 Å². The number of aromatic nitrogens is 1. The largest absolute Gasteiger partial charge is 0.342 e. The molecule has 1 amide bonds. The maximum Gasteiger partial charge on any atom is 0.225 e. The van der Waals surface area contributed by atoms with Crippen molar-refractivity contribution in [3.05, 3.63) is 24.5 Å². The van der Waals surface area contributed by atoms with Crippen LogP contribution in [-0.4, -0.2) is 34.1 Å². The summed E-state index contributed by atoms with van der Waals surface area (Å²) in [5, 5.41) is 0.628. The molecule has 1 aromatic rings. The van der Waals surface area contributed by atoms with E-state index in [-0.39, 0.29) is 5.92 Å². The zero-order valence-corrected chi connectivity index (χ0v) is 11.8. The predicted octanol–water partition coefficient (Wildman–Crippen LogP) is 2.82. The van der Waals surface area contributed by atoms with Gasteiger partial charge in [-0.1, -0.05) is 13.8 Å². The molecule has 98 valence electrons. The van der Waals surface area contributed by atoms with Crippen LogP contribution >= 0.6 is 11.8 Å². The molecule has 3 nitrogen and oxygen atoms in total.